The number of nitrogens with two attached hydrogens (primary N) is 1. The molecule has 0 amide bonds. The first-order valence-electron chi connectivity index (χ1n) is 4.05. The van der Waals surface area contributed by atoms with Gasteiger partial charge in [-0.05, 0) is 0 Å². The summed E-state index contributed by atoms with van der Waals surface area (Å²) >= 11 is 0. The number of hydrogen-bond acceptors (Lipinski definition) is 3. The Balaban J connectivity index is 3.17. The molecule has 6 nitrogen and oxygen atoms in total. The maximum absolute atomic E-state index is 11.6. The minimum Gasteiger partial charge on any atom is -0.340 e. The first kappa shape index (κ1) is 8.61. The van der Waals surface area contributed by atoms with E-state index in [-0.39, 0.29) is 11.2 Å². The lowest BCUT2D eigenvalue weighted by atomic mass is 10.4. The van der Waals surface area contributed by atoms with Gasteiger partial charge in [-0.25, -0.2) is 4.79 Å². The van der Waals surface area contributed by atoms with Crippen LogP contribution in [-0.4, -0.2) is 13.8 Å². The summed E-state index contributed by atoms with van der Waals surface area (Å²) in [6, 6.07) is 0. The van der Waals surface area contributed by atoms with E-state index in [0.717, 1.165) is 4.57 Å². The summed E-state index contributed by atoms with van der Waals surface area (Å²) in [5.41, 5.74) is -0.137. The molecule has 0 atom stereocenters. The van der Waals surface area contributed by atoms with Crippen LogP contribution < -0.4 is 17.1 Å². The van der Waals surface area contributed by atoms with Gasteiger partial charge in [0.1, 0.15) is 0 Å². The van der Waals surface area contributed by atoms with E-state index < -0.39 is 0 Å². The molecule has 0 aromatic carbocycles. The van der Waals surface area contributed by atoms with Crippen molar-refractivity contribution in [3.63, 3.8) is 0 Å². The first-order valence-corrected chi connectivity index (χ1v) is 4.05. The summed E-state index contributed by atoms with van der Waals surface area (Å²) in [5.74, 6) is 5.48. The summed E-state index contributed by atoms with van der Waals surface area (Å²) in [7, 11) is 3.04. The minimum atomic E-state index is -0.353. The highest BCUT2D eigenvalue weighted by atomic mass is 16.2. The quantitative estimate of drug-likeness (QED) is 0.532. The molecule has 2 heterocycles. The molecule has 14 heavy (non-hydrogen) atoms. The molecule has 0 unspecified atom stereocenters. The molecule has 2 aromatic rings. The maximum Gasteiger partial charge on any atom is 0.330 e. The Hall–Kier alpha value is -1.98. The van der Waals surface area contributed by atoms with E-state index in [4.69, 9.17) is 5.84 Å². The van der Waals surface area contributed by atoms with Crippen molar-refractivity contribution in [2.45, 2.75) is 0 Å². The van der Waals surface area contributed by atoms with Crippen LogP contribution in [0, 0.1) is 0 Å². The van der Waals surface area contributed by atoms with Gasteiger partial charge in [0, 0.05) is 20.3 Å². The molecule has 0 radical (unpaired) electrons. The summed E-state index contributed by atoms with van der Waals surface area (Å²) in [4.78, 5) is 23.1. The summed E-state index contributed by atoms with van der Waals surface area (Å²) < 4.78 is 3.72. The van der Waals surface area contributed by atoms with Crippen molar-refractivity contribution in [3.05, 3.63) is 33.2 Å². The van der Waals surface area contributed by atoms with Gasteiger partial charge in [-0.1, -0.05) is 0 Å². The van der Waals surface area contributed by atoms with Crippen molar-refractivity contribution in [1.29, 1.82) is 0 Å². The van der Waals surface area contributed by atoms with Gasteiger partial charge in [-0.3, -0.25) is 18.6 Å². The zero-order valence-electron chi connectivity index (χ0n) is 7.89. The highest BCUT2D eigenvalue weighted by molar-refractivity contribution is 5.77. The molecular formula is C8H10N4O2. The van der Waals surface area contributed by atoms with E-state index >= 15 is 0 Å². The lowest BCUT2D eigenvalue weighted by Gasteiger charge is -2.01. The number of rotatable bonds is 0. The largest absolute Gasteiger partial charge is 0.340 e. The molecule has 0 saturated carbocycles. The van der Waals surface area contributed by atoms with Crippen LogP contribution in [0.1, 0.15) is 0 Å². The molecular weight excluding hydrogens is 184 g/mol. The van der Waals surface area contributed by atoms with Crippen LogP contribution in [0.2, 0.25) is 0 Å². The van der Waals surface area contributed by atoms with Crippen molar-refractivity contribution >= 4 is 10.9 Å². The van der Waals surface area contributed by atoms with Crippen LogP contribution in [0.25, 0.3) is 10.9 Å². The number of nitrogens with zero attached hydrogens (tertiary/aromatic N) is 3. The Kier molecular flexibility index (Phi) is 1.54. The van der Waals surface area contributed by atoms with E-state index in [1.54, 1.807) is 7.05 Å². The molecule has 0 bridgehead atoms. The fraction of sp³-hybridized carbons (Fsp3) is 0.250. The summed E-state index contributed by atoms with van der Waals surface area (Å²) in [5, 5.41) is 0.442. The molecule has 0 spiro atoms. The zero-order valence-corrected chi connectivity index (χ0v) is 7.89. The predicted molar refractivity (Wildman–Crippen MR) is 52.6 cm³/mol. The molecule has 0 aliphatic rings. The second kappa shape index (κ2) is 2.50. The number of aryl methyl sites for hydroxylation is 1. The monoisotopic (exact) mass is 194 g/mol. The van der Waals surface area contributed by atoms with Gasteiger partial charge < -0.3 is 5.84 Å². The third-order valence-electron chi connectivity index (χ3n) is 2.30. The van der Waals surface area contributed by atoms with Gasteiger partial charge >= 0.3 is 5.69 Å². The van der Waals surface area contributed by atoms with Crippen molar-refractivity contribution in [2.24, 2.45) is 14.1 Å². The minimum absolute atomic E-state index is 0.327. The molecule has 74 valence electrons. The number of nitrogen functional groups attached to an aromatic ring is 1. The average Bonchev–Trinajstić information content (AvgIpc) is 2.54. The molecule has 2 N–H and O–H groups in total. The number of fused-ring (bicyclic) bond motifs is 1. The Morgan fingerprint density at radius 2 is 1.79 bits per heavy atom. The average molecular weight is 194 g/mol. The van der Waals surface area contributed by atoms with Crippen molar-refractivity contribution in [2.75, 3.05) is 5.84 Å². The van der Waals surface area contributed by atoms with Crippen molar-refractivity contribution in [1.82, 2.24) is 13.8 Å². The second-order valence-electron chi connectivity index (χ2n) is 3.21. The maximum atomic E-state index is 11.6. The van der Waals surface area contributed by atoms with E-state index in [1.165, 1.54) is 28.7 Å². The van der Waals surface area contributed by atoms with Gasteiger partial charge in [-0.2, -0.15) is 0 Å². The molecule has 0 aliphatic heterocycles. The Labute approximate surface area is 78.8 Å². The smallest absolute Gasteiger partial charge is 0.330 e. The normalized spacial score (nSPS) is 11.0. The summed E-state index contributed by atoms with van der Waals surface area (Å²) in [6.07, 6.45) is 3.04. The SMILES string of the molecule is Cn1c(=O)c2cn(N)cc2n(C)c1=O. The Morgan fingerprint density at radius 3 is 2.43 bits per heavy atom. The molecule has 6 heteroatoms. The third kappa shape index (κ3) is 0.905. The molecule has 0 saturated heterocycles. The number of aromatic nitrogens is 3. The molecule has 2 aromatic heterocycles. The standard InChI is InChI=1S/C8H10N4O2/c1-10-6-4-12(9)3-5(6)7(13)11(2)8(10)14/h3-4H,9H2,1-2H3. The van der Waals surface area contributed by atoms with Crippen LogP contribution >= 0.6 is 0 Å². The van der Waals surface area contributed by atoms with Gasteiger partial charge in [-0.15, -0.1) is 0 Å². The van der Waals surface area contributed by atoms with E-state index in [0.29, 0.717) is 10.9 Å². The van der Waals surface area contributed by atoms with Crippen LogP contribution in [0.3, 0.4) is 0 Å². The second-order valence-corrected chi connectivity index (χ2v) is 3.21. The predicted octanol–water partition coefficient (Wildman–Crippen LogP) is -1.25. The Bertz CT molecular complexity index is 617. The van der Waals surface area contributed by atoms with E-state index in [9.17, 15) is 9.59 Å². The van der Waals surface area contributed by atoms with Gasteiger partial charge in [0.2, 0.25) is 0 Å². The zero-order chi connectivity index (χ0) is 10.5. The number of hydrogen-bond donors (Lipinski definition) is 1. The first-order chi connectivity index (χ1) is 6.52. The van der Waals surface area contributed by atoms with Gasteiger partial charge in [0.05, 0.1) is 17.1 Å². The van der Waals surface area contributed by atoms with E-state index in [2.05, 4.69) is 0 Å². The summed E-state index contributed by atoms with van der Waals surface area (Å²) in [6.45, 7) is 0. The highest BCUT2D eigenvalue weighted by Crippen LogP contribution is 2.05. The molecule has 2 rings (SSSR count). The lowest BCUT2D eigenvalue weighted by molar-refractivity contribution is 0.714. The molecule has 0 fully saturated rings. The fourth-order valence-electron chi connectivity index (χ4n) is 1.49. The third-order valence-corrected chi connectivity index (χ3v) is 2.30. The lowest BCUT2D eigenvalue weighted by Crippen LogP contribution is -2.36. The topological polar surface area (TPSA) is 75.0 Å². The van der Waals surface area contributed by atoms with Gasteiger partial charge in [0.25, 0.3) is 5.56 Å². The highest BCUT2D eigenvalue weighted by Gasteiger charge is 2.09. The van der Waals surface area contributed by atoms with Crippen molar-refractivity contribution in [3.8, 4) is 0 Å². The van der Waals surface area contributed by atoms with Gasteiger partial charge in [0.15, 0.2) is 0 Å². The van der Waals surface area contributed by atoms with Crippen LogP contribution in [0.5, 0.6) is 0 Å². The van der Waals surface area contributed by atoms with Crippen LogP contribution in [-0.2, 0) is 14.1 Å². The van der Waals surface area contributed by atoms with Crippen LogP contribution in [0.4, 0.5) is 0 Å². The Morgan fingerprint density at radius 1 is 1.14 bits per heavy atom. The van der Waals surface area contributed by atoms with Crippen LogP contribution in [0.15, 0.2) is 22.0 Å². The van der Waals surface area contributed by atoms with Crippen molar-refractivity contribution < 1.29 is 0 Å². The fourth-order valence-corrected chi connectivity index (χ4v) is 1.49. The molecule has 0 aliphatic carbocycles. The van der Waals surface area contributed by atoms with E-state index in [1.807, 2.05) is 0 Å².